The van der Waals surface area contributed by atoms with Gasteiger partial charge in [-0.2, -0.15) is 0 Å². The van der Waals surface area contributed by atoms with Crippen molar-refractivity contribution in [3.63, 3.8) is 0 Å². The van der Waals surface area contributed by atoms with Crippen molar-refractivity contribution in [1.82, 2.24) is 9.80 Å². The molecule has 0 saturated carbocycles. The van der Waals surface area contributed by atoms with Crippen molar-refractivity contribution in [3.8, 4) is 0 Å². The maximum Gasteiger partial charge on any atom is 0.253 e. The van der Waals surface area contributed by atoms with Gasteiger partial charge < -0.3 is 9.80 Å². The third-order valence-corrected chi connectivity index (χ3v) is 5.72. The number of benzene rings is 2. The predicted octanol–water partition coefficient (Wildman–Crippen LogP) is 3.76. The number of carbonyl (C=O) groups is 1. The van der Waals surface area contributed by atoms with Crippen LogP contribution < -0.4 is 4.90 Å². The van der Waals surface area contributed by atoms with Gasteiger partial charge in [0.15, 0.2) is 0 Å². The van der Waals surface area contributed by atoms with E-state index in [0.29, 0.717) is 0 Å². The van der Waals surface area contributed by atoms with Gasteiger partial charge in [-0.3, -0.25) is 9.69 Å². The number of hydrogen-bond acceptors (Lipinski definition) is 3. The van der Waals surface area contributed by atoms with E-state index in [9.17, 15) is 4.79 Å². The minimum atomic E-state index is 0.160. The molecule has 0 N–H and O–H groups in total. The summed E-state index contributed by atoms with van der Waals surface area (Å²) in [4.78, 5) is 19.6. The van der Waals surface area contributed by atoms with Crippen LogP contribution in [0, 0.1) is 0 Å². The second-order valence-corrected chi connectivity index (χ2v) is 7.65. The summed E-state index contributed by atoms with van der Waals surface area (Å²) in [5.41, 5.74) is 3.28. The summed E-state index contributed by atoms with van der Waals surface area (Å²) in [5.74, 6) is 0.160. The van der Waals surface area contributed by atoms with Gasteiger partial charge in [0.25, 0.3) is 5.91 Å². The highest BCUT2D eigenvalue weighted by molar-refractivity contribution is 5.94. The minimum Gasteiger partial charge on any atom is -0.372 e. The summed E-state index contributed by atoms with van der Waals surface area (Å²) in [6, 6.07) is 18.6. The molecular weight excluding hydrogens is 346 g/mol. The Morgan fingerprint density at radius 2 is 1.50 bits per heavy atom. The van der Waals surface area contributed by atoms with Crippen LogP contribution in [0.25, 0.3) is 6.08 Å². The van der Waals surface area contributed by atoms with E-state index >= 15 is 0 Å². The zero-order valence-electron chi connectivity index (χ0n) is 16.5. The van der Waals surface area contributed by atoms with E-state index in [1.807, 2.05) is 23.1 Å². The molecule has 2 aromatic carbocycles. The minimum absolute atomic E-state index is 0.160. The Hall–Kier alpha value is -2.59. The molecule has 28 heavy (non-hydrogen) atoms. The molecule has 4 heteroatoms. The largest absolute Gasteiger partial charge is 0.372 e. The number of rotatable bonds is 5. The van der Waals surface area contributed by atoms with Gasteiger partial charge in [-0.15, -0.1) is 0 Å². The van der Waals surface area contributed by atoms with Crippen LogP contribution in [0.1, 0.15) is 28.8 Å². The highest BCUT2D eigenvalue weighted by Gasteiger charge is 2.22. The quantitative estimate of drug-likeness (QED) is 0.796. The smallest absolute Gasteiger partial charge is 0.253 e. The molecule has 146 valence electrons. The first-order chi connectivity index (χ1) is 13.8. The Labute approximate surface area is 168 Å². The van der Waals surface area contributed by atoms with Gasteiger partial charge in [0.05, 0.1) is 0 Å². The highest BCUT2D eigenvalue weighted by atomic mass is 16.2. The summed E-state index contributed by atoms with van der Waals surface area (Å²) in [6.07, 6.45) is 6.92. The van der Waals surface area contributed by atoms with E-state index in [-0.39, 0.29) is 5.91 Å². The van der Waals surface area contributed by atoms with Crippen LogP contribution in [0.4, 0.5) is 5.69 Å². The van der Waals surface area contributed by atoms with Crippen LogP contribution >= 0.6 is 0 Å². The maximum atomic E-state index is 12.8. The molecule has 2 fully saturated rings. The van der Waals surface area contributed by atoms with Crippen LogP contribution in [0.2, 0.25) is 0 Å². The first-order valence-electron chi connectivity index (χ1n) is 10.4. The Morgan fingerprint density at radius 3 is 2.18 bits per heavy atom. The molecule has 1 amide bonds. The molecule has 0 atom stereocenters. The predicted molar refractivity (Wildman–Crippen MR) is 116 cm³/mol. The van der Waals surface area contributed by atoms with Crippen molar-refractivity contribution in [2.45, 2.75) is 12.8 Å². The topological polar surface area (TPSA) is 26.8 Å². The summed E-state index contributed by atoms with van der Waals surface area (Å²) in [6.45, 7) is 6.65. The van der Waals surface area contributed by atoms with Crippen molar-refractivity contribution in [3.05, 3.63) is 71.8 Å². The average Bonchev–Trinajstić information content (AvgIpc) is 3.30. The van der Waals surface area contributed by atoms with Gasteiger partial charge in [0, 0.05) is 57.1 Å². The van der Waals surface area contributed by atoms with E-state index < -0.39 is 0 Å². The summed E-state index contributed by atoms with van der Waals surface area (Å²) in [5, 5.41) is 0. The fourth-order valence-electron chi connectivity index (χ4n) is 4.01. The molecule has 2 heterocycles. The van der Waals surface area contributed by atoms with Gasteiger partial charge >= 0.3 is 0 Å². The van der Waals surface area contributed by atoms with E-state index in [2.05, 4.69) is 58.4 Å². The van der Waals surface area contributed by atoms with E-state index in [4.69, 9.17) is 0 Å². The number of piperazine rings is 1. The second kappa shape index (κ2) is 9.07. The molecule has 0 bridgehead atoms. The van der Waals surface area contributed by atoms with Crippen LogP contribution in [0.15, 0.2) is 60.7 Å². The summed E-state index contributed by atoms with van der Waals surface area (Å²) < 4.78 is 0. The number of carbonyl (C=O) groups excluding carboxylic acids is 1. The zero-order chi connectivity index (χ0) is 19.2. The Balaban J connectivity index is 1.26. The lowest BCUT2D eigenvalue weighted by molar-refractivity contribution is 0.0650. The van der Waals surface area contributed by atoms with E-state index in [1.165, 1.54) is 24.1 Å². The standard InChI is InChI=1S/C24H29N3O/c28-24(22-10-12-23(13-11-22)26-15-4-5-16-26)27-19-17-25(18-20-27)14-6-9-21-7-2-1-3-8-21/h1-3,6-13H,4-5,14-20H2. The monoisotopic (exact) mass is 375 g/mol. The average molecular weight is 376 g/mol. The fourth-order valence-corrected chi connectivity index (χ4v) is 4.01. The summed E-state index contributed by atoms with van der Waals surface area (Å²) >= 11 is 0. The van der Waals surface area contributed by atoms with Crippen molar-refractivity contribution in [1.29, 1.82) is 0 Å². The third-order valence-electron chi connectivity index (χ3n) is 5.72. The number of amides is 1. The molecule has 2 aliphatic heterocycles. The molecule has 0 aliphatic carbocycles. The van der Waals surface area contributed by atoms with Crippen molar-refractivity contribution >= 4 is 17.7 Å². The molecule has 4 rings (SSSR count). The van der Waals surface area contributed by atoms with Crippen molar-refractivity contribution in [2.24, 2.45) is 0 Å². The number of nitrogens with zero attached hydrogens (tertiary/aromatic N) is 3. The molecule has 2 aliphatic rings. The number of anilines is 1. The maximum absolute atomic E-state index is 12.8. The first kappa shape index (κ1) is 18.8. The molecule has 2 aromatic rings. The molecule has 0 radical (unpaired) electrons. The second-order valence-electron chi connectivity index (χ2n) is 7.65. The lowest BCUT2D eigenvalue weighted by Gasteiger charge is -2.34. The van der Waals surface area contributed by atoms with Gasteiger partial charge in [0.2, 0.25) is 0 Å². The van der Waals surface area contributed by atoms with Crippen LogP contribution in [-0.2, 0) is 0 Å². The Kier molecular flexibility index (Phi) is 6.07. The number of hydrogen-bond donors (Lipinski definition) is 0. The van der Waals surface area contributed by atoms with Gasteiger partial charge in [0.1, 0.15) is 0 Å². The molecular formula is C24H29N3O. The van der Waals surface area contributed by atoms with Crippen molar-refractivity contribution in [2.75, 3.05) is 50.7 Å². The zero-order valence-corrected chi connectivity index (χ0v) is 16.5. The van der Waals surface area contributed by atoms with Crippen molar-refractivity contribution < 1.29 is 4.79 Å². The highest BCUT2D eigenvalue weighted by Crippen LogP contribution is 2.21. The molecule has 4 nitrogen and oxygen atoms in total. The fraction of sp³-hybridized carbons (Fsp3) is 0.375. The van der Waals surface area contributed by atoms with Gasteiger partial charge in [-0.05, 0) is 42.7 Å². The molecule has 0 unspecified atom stereocenters. The van der Waals surface area contributed by atoms with Crippen LogP contribution in [0.5, 0.6) is 0 Å². The SMILES string of the molecule is O=C(c1ccc(N2CCCC2)cc1)N1CCN(CC=Cc2ccccc2)CC1. The van der Waals surface area contributed by atoms with Crippen LogP contribution in [0.3, 0.4) is 0 Å². The van der Waals surface area contributed by atoms with Gasteiger partial charge in [-0.25, -0.2) is 0 Å². The van der Waals surface area contributed by atoms with E-state index in [0.717, 1.165) is 51.4 Å². The third kappa shape index (κ3) is 4.63. The molecule has 2 saturated heterocycles. The van der Waals surface area contributed by atoms with E-state index in [1.54, 1.807) is 0 Å². The Morgan fingerprint density at radius 1 is 0.821 bits per heavy atom. The van der Waals surface area contributed by atoms with Gasteiger partial charge in [-0.1, -0.05) is 42.5 Å². The first-order valence-corrected chi connectivity index (χ1v) is 10.4. The normalized spacial score (nSPS) is 18.1. The molecule has 0 aromatic heterocycles. The van der Waals surface area contributed by atoms with Crippen LogP contribution in [-0.4, -0.2) is 61.5 Å². The lowest BCUT2D eigenvalue weighted by Crippen LogP contribution is -2.48. The molecule has 0 spiro atoms. The lowest BCUT2D eigenvalue weighted by atomic mass is 10.1. The Bertz CT molecular complexity index is 786. The summed E-state index contributed by atoms with van der Waals surface area (Å²) in [7, 11) is 0.